The van der Waals surface area contributed by atoms with Gasteiger partial charge in [0.2, 0.25) is 4.96 Å². The van der Waals surface area contributed by atoms with Crippen LogP contribution >= 0.6 is 34.5 Å². The minimum atomic E-state index is -0.318. The quantitative estimate of drug-likeness (QED) is 0.379. The number of fused-ring (bicyclic) bond motifs is 1. The highest BCUT2D eigenvalue weighted by molar-refractivity contribution is 7.15. The van der Waals surface area contributed by atoms with Crippen molar-refractivity contribution in [2.24, 2.45) is 0 Å². The van der Waals surface area contributed by atoms with Gasteiger partial charge in [-0.05, 0) is 54.6 Å². The zero-order chi connectivity index (χ0) is 20.8. The van der Waals surface area contributed by atoms with Crippen LogP contribution in [-0.4, -0.2) is 14.6 Å². The second kappa shape index (κ2) is 7.36. The topological polar surface area (TPSA) is 60.4 Å². The van der Waals surface area contributed by atoms with Crippen LogP contribution in [-0.2, 0) is 0 Å². The molecular formula is C21H10Cl2FN3O2S. The van der Waals surface area contributed by atoms with Gasteiger partial charge in [-0.3, -0.25) is 4.79 Å². The highest BCUT2D eigenvalue weighted by Gasteiger charge is 2.15. The summed E-state index contributed by atoms with van der Waals surface area (Å²) in [6.07, 6.45) is 1.63. The van der Waals surface area contributed by atoms with Crippen LogP contribution in [0, 0.1) is 5.82 Å². The second-order valence-corrected chi connectivity index (χ2v) is 8.23. The number of thiazole rings is 1. The minimum Gasteiger partial charge on any atom is -0.457 e. The molecule has 9 heteroatoms. The molecule has 0 aliphatic carbocycles. The fourth-order valence-electron chi connectivity index (χ4n) is 2.95. The van der Waals surface area contributed by atoms with Crippen LogP contribution < -0.4 is 10.1 Å². The van der Waals surface area contributed by atoms with Gasteiger partial charge in [-0.25, -0.2) is 4.39 Å². The van der Waals surface area contributed by atoms with Gasteiger partial charge >= 0.3 is 0 Å². The molecule has 0 N–H and O–H groups in total. The molecule has 0 atom stereocenters. The van der Waals surface area contributed by atoms with E-state index in [0.29, 0.717) is 42.4 Å². The van der Waals surface area contributed by atoms with E-state index in [1.807, 2.05) is 0 Å². The first kappa shape index (κ1) is 19.0. The predicted molar refractivity (Wildman–Crippen MR) is 115 cm³/mol. The van der Waals surface area contributed by atoms with E-state index in [-0.39, 0.29) is 11.4 Å². The molecule has 0 aliphatic rings. The number of furan rings is 1. The summed E-state index contributed by atoms with van der Waals surface area (Å²) in [4.78, 5) is 17.6. The third-order valence-electron chi connectivity index (χ3n) is 4.38. The molecule has 0 aliphatic heterocycles. The summed E-state index contributed by atoms with van der Waals surface area (Å²) in [5.74, 6) is 1.11. The van der Waals surface area contributed by atoms with Crippen molar-refractivity contribution in [2.45, 2.75) is 0 Å². The predicted octanol–water partition coefficient (Wildman–Crippen LogP) is 5.07. The molecular weight excluding hydrogens is 448 g/mol. The lowest BCUT2D eigenvalue weighted by Gasteiger charge is -1.98. The van der Waals surface area contributed by atoms with Gasteiger partial charge in [0.1, 0.15) is 21.9 Å². The standard InChI is InChI=1S/C21H10Cl2FN3O2S/c22-12-3-7-15(16(23)9-12)19-25-21-27(26-19)20(28)18(30-21)10-14-6-8-17(29-14)11-1-4-13(24)5-2-11/h1-10H/b18-10-. The molecule has 3 aromatic heterocycles. The highest BCUT2D eigenvalue weighted by atomic mass is 35.5. The zero-order valence-corrected chi connectivity index (χ0v) is 17.3. The molecule has 5 nitrogen and oxygen atoms in total. The number of nitrogens with zero attached hydrogens (tertiary/aromatic N) is 3. The van der Waals surface area contributed by atoms with Crippen LogP contribution in [0.25, 0.3) is 33.7 Å². The molecule has 0 spiro atoms. The van der Waals surface area contributed by atoms with Crippen LogP contribution in [0.4, 0.5) is 4.39 Å². The Morgan fingerprint density at radius 3 is 2.60 bits per heavy atom. The number of hydrogen-bond acceptors (Lipinski definition) is 5. The Bertz CT molecular complexity index is 1510. The van der Waals surface area contributed by atoms with Crippen LogP contribution in [0.5, 0.6) is 0 Å². The van der Waals surface area contributed by atoms with Gasteiger partial charge in [-0.15, -0.1) is 5.10 Å². The summed E-state index contributed by atoms with van der Waals surface area (Å²) in [5, 5.41) is 5.20. The number of hydrogen-bond donors (Lipinski definition) is 0. The Hall–Kier alpha value is -3.00. The van der Waals surface area contributed by atoms with Crippen LogP contribution in [0.15, 0.2) is 63.8 Å². The highest BCUT2D eigenvalue weighted by Crippen LogP contribution is 2.28. The monoisotopic (exact) mass is 457 g/mol. The fourth-order valence-corrected chi connectivity index (χ4v) is 4.33. The van der Waals surface area contributed by atoms with Crippen LogP contribution in [0.2, 0.25) is 10.0 Å². The van der Waals surface area contributed by atoms with Gasteiger partial charge in [-0.2, -0.15) is 9.50 Å². The molecule has 5 rings (SSSR count). The third-order valence-corrected chi connectivity index (χ3v) is 5.89. The maximum Gasteiger partial charge on any atom is 0.291 e. The molecule has 148 valence electrons. The molecule has 30 heavy (non-hydrogen) atoms. The molecule has 0 bridgehead atoms. The Kier molecular flexibility index (Phi) is 4.66. The van der Waals surface area contributed by atoms with E-state index < -0.39 is 0 Å². The molecule has 0 fully saturated rings. The summed E-state index contributed by atoms with van der Waals surface area (Å²) in [6.45, 7) is 0. The molecule has 0 amide bonds. The van der Waals surface area contributed by atoms with Crippen molar-refractivity contribution in [3.05, 3.63) is 91.1 Å². The molecule has 0 saturated carbocycles. The average molecular weight is 458 g/mol. The molecule has 0 radical (unpaired) electrons. The maximum absolute atomic E-state index is 13.1. The van der Waals surface area contributed by atoms with Gasteiger partial charge in [-0.1, -0.05) is 34.5 Å². The summed E-state index contributed by atoms with van der Waals surface area (Å²) >= 11 is 13.3. The van der Waals surface area contributed by atoms with Gasteiger partial charge in [0, 0.05) is 22.2 Å². The van der Waals surface area contributed by atoms with Crippen LogP contribution in [0.3, 0.4) is 0 Å². The number of halogens is 3. The first-order chi connectivity index (χ1) is 14.5. The van der Waals surface area contributed by atoms with Crippen molar-refractivity contribution in [2.75, 3.05) is 0 Å². The van der Waals surface area contributed by atoms with Gasteiger partial charge in [0.05, 0.1) is 5.02 Å². The smallest absolute Gasteiger partial charge is 0.291 e. The fraction of sp³-hybridized carbons (Fsp3) is 0. The van der Waals surface area contributed by atoms with Gasteiger partial charge < -0.3 is 4.42 Å². The number of benzene rings is 2. The lowest BCUT2D eigenvalue weighted by atomic mass is 10.2. The van der Waals surface area contributed by atoms with E-state index in [2.05, 4.69) is 10.1 Å². The Balaban J connectivity index is 1.52. The van der Waals surface area contributed by atoms with Crippen molar-refractivity contribution in [3.8, 4) is 22.7 Å². The van der Waals surface area contributed by atoms with Crippen LogP contribution in [0.1, 0.15) is 5.76 Å². The first-order valence-corrected chi connectivity index (χ1v) is 10.3. The summed E-state index contributed by atoms with van der Waals surface area (Å²) in [6, 6.07) is 14.5. The van der Waals surface area contributed by atoms with Gasteiger partial charge in [0.15, 0.2) is 5.82 Å². The zero-order valence-electron chi connectivity index (χ0n) is 15.0. The first-order valence-electron chi connectivity index (χ1n) is 8.70. The van der Waals surface area contributed by atoms with Crippen molar-refractivity contribution >= 4 is 45.6 Å². The lowest BCUT2D eigenvalue weighted by molar-refractivity contribution is 0.571. The van der Waals surface area contributed by atoms with Gasteiger partial charge in [0.25, 0.3) is 5.56 Å². The van der Waals surface area contributed by atoms with E-state index in [4.69, 9.17) is 27.6 Å². The Morgan fingerprint density at radius 1 is 1.07 bits per heavy atom. The van der Waals surface area contributed by atoms with Crippen molar-refractivity contribution in [1.29, 1.82) is 0 Å². The van der Waals surface area contributed by atoms with Crippen molar-refractivity contribution in [3.63, 3.8) is 0 Å². The summed E-state index contributed by atoms with van der Waals surface area (Å²) < 4.78 is 20.5. The van der Waals surface area contributed by atoms with E-state index in [1.54, 1.807) is 48.5 Å². The van der Waals surface area contributed by atoms with E-state index in [1.165, 1.54) is 28.0 Å². The Labute approximate surface area is 182 Å². The molecule has 3 heterocycles. The van der Waals surface area contributed by atoms with E-state index in [0.717, 1.165) is 5.56 Å². The minimum absolute atomic E-state index is 0.307. The molecule has 0 saturated heterocycles. The normalized spacial score (nSPS) is 12.2. The lowest BCUT2D eigenvalue weighted by Crippen LogP contribution is -2.23. The summed E-state index contributed by atoms with van der Waals surface area (Å²) in [7, 11) is 0. The van der Waals surface area contributed by atoms with Crippen molar-refractivity contribution < 1.29 is 8.81 Å². The van der Waals surface area contributed by atoms with Crippen molar-refractivity contribution in [1.82, 2.24) is 14.6 Å². The maximum atomic E-state index is 13.1. The van der Waals surface area contributed by atoms with E-state index in [9.17, 15) is 9.18 Å². The molecule has 5 aromatic rings. The summed E-state index contributed by atoms with van der Waals surface area (Å²) in [5.41, 5.74) is 1.03. The average Bonchev–Trinajstić information content (AvgIpc) is 3.41. The Morgan fingerprint density at radius 2 is 1.87 bits per heavy atom. The molecule has 2 aromatic carbocycles. The van der Waals surface area contributed by atoms with E-state index >= 15 is 0 Å². The number of rotatable bonds is 3. The second-order valence-electron chi connectivity index (χ2n) is 6.38. The third kappa shape index (κ3) is 3.41. The number of aromatic nitrogens is 3. The largest absolute Gasteiger partial charge is 0.457 e. The SMILES string of the molecule is O=c1/c(=C/c2ccc(-c3ccc(F)cc3)o2)sc2nc(-c3ccc(Cl)cc3Cl)nn12. The molecule has 0 unspecified atom stereocenters.